The number of carbonyl (C=O) groups is 2. The summed E-state index contributed by atoms with van der Waals surface area (Å²) < 4.78 is 5.46. The molecule has 1 aromatic rings. The fourth-order valence-corrected chi connectivity index (χ4v) is 2.22. The van der Waals surface area contributed by atoms with Crippen LogP contribution in [0.2, 0.25) is 0 Å². The third kappa shape index (κ3) is 3.29. The van der Waals surface area contributed by atoms with E-state index in [1.54, 1.807) is 6.07 Å². The van der Waals surface area contributed by atoms with Crippen LogP contribution in [0.25, 0.3) is 0 Å². The summed E-state index contributed by atoms with van der Waals surface area (Å²) in [6.45, 7) is 0.766. The SMILES string of the molecule is O=C(COc1ccc2c(c1)NC(=O)CC2)NCC1CC1. The molecule has 1 fully saturated rings. The zero-order chi connectivity index (χ0) is 13.9. The molecule has 20 heavy (non-hydrogen) atoms. The number of hydrogen-bond acceptors (Lipinski definition) is 3. The Bertz CT molecular complexity index is 538. The molecule has 1 heterocycles. The number of carbonyl (C=O) groups excluding carboxylic acids is 2. The van der Waals surface area contributed by atoms with Crippen molar-refractivity contribution in [1.82, 2.24) is 5.32 Å². The van der Waals surface area contributed by atoms with Crippen molar-refractivity contribution in [3.8, 4) is 5.75 Å². The minimum absolute atomic E-state index is 0.0133. The average Bonchev–Trinajstić information content (AvgIpc) is 3.26. The van der Waals surface area contributed by atoms with Crippen LogP contribution in [0.3, 0.4) is 0 Å². The van der Waals surface area contributed by atoms with E-state index in [1.165, 1.54) is 12.8 Å². The lowest BCUT2D eigenvalue weighted by Gasteiger charge is -2.17. The van der Waals surface area contributed by atoms with Gasteiger partial charge in [0.15, 0.2) is 6.61 Å². The molecule has 2 N–H and O–H groups in total. The molecule has 0 radical (unpaired) electrons. The molecule has 0 saturated heterocycles. The molecule has 0 unspecified atom stereocenters. The minimum atomic E-state index is -0.0985. The second-order valence-corrected chi connectivity index (χ2v) is 5.40. The fraction of sp³-hybridized carbons (Fsp3) is 0.467. The summed E-state index contributed by atoms with van der Waals surface area (Å²) in [5.74, 6) is 1.20. The first-order valence-electron chi connectivity index (χ1n) is 7.03. The van der Waals surface area contributed by atoms with Crippen molar-refractivity contribution in [3.05, 3.63) is 23.8 Å². The Kier molecular flexibility index (Phi) is 3.58. The second kappa shape index (κ2) is 5.53. The zero-order valence-electron chi connectivity index (χ0n) is 11.3. The zero-order valence-corrected chi connectivity index (χ0v) is 11.3. The van der Waals surface area contributed by atoms with Gasteiger partial charge in [0, 0.05) is 24.7 Å². The number of anilines is 1. The van der Waals surface area contributed by atoms with Crippen LogP contribution in [0.1, 0.15) is 24.8 Å². The Morgan fingerprint density at radius 1 is 1.35 bits per heavy atom. The maximum atomic E-state index is 11.6. The van der Waals surface area contributed by atoms with Gasteiger partial charge < -0.3 is 15.4 Å². The maximum Gasteiger partial charge on any atom is 0.257 e. The first-order valence-corrected chi connectivity index (χ1v) is 7.03. The van der Waals surface area contributed by atoms with Crippen LogP contribution in [0.5, 0.6) is 5.75 Å². The Hall–Kier alpha value is -2.04. The summed E-state index contributed by atoms with van der Waals surface area (Å²) >= 11 is 0. The number of nitrogens with one attached hydrogen (secondary N) is 2. The van der Waals surface area contributed by atoms with Crippen LogP contribution in [0.4, 0.5) is 5.69 Å². The number of hydrogen-bond donors (Lipinski definition) is 2. The van der Waals surface area contributed by atoms with Crippen molar-refractivity contribution in [1.29, 1.82) is 0 Å². The van der Waals surface area contributed by atoms with Crippen LogP contribution in [0, 0.1) is 5.92 Å². The third-order valence-electron chi connectivity index (χ3n) is 3.63. The predicted molar refractivity (Wildman–Crippen MR) is 74.6 cm³/mol. The molecule has 0 atom stereocenters. The van der Waals surface area contributed by atoms with Gasteiger partial charge in [0.25, 0.3) is 5.91 Å². The van der Waals surface area contributed by atoms with E-state index in [0.717, 1.165) is 24.2 Å². The lowest BCUT2D eigenvalue weighted by molar-refractivity contribution is -0.123. The number of benzene rings is 1. The summed E-state index contributed by atoms with van der Waals surface area (Å²) in [5.41, 5.74) is 1.90. The maximum absolute atomic E-state index is 11.6. The molecule has 0 aromatic heterocycles. The lowest BCUT2D eigenvalue weighted by Crippen LogP contribution is -2.30. The first kappa shape index (κ1) is 13.0. The molecular formula is C15H18N2O3. The molecule has 106 valence electrons. The average molecular weight is 274 g/mol. The number of aryl methyl sites for hydroxylation is 1. The van der Waals surface area contributed by atoms with Gasteiger partial charge >= 0.3 is 0 Å². The van der Waals surface area contributed by atoms with Crippen molar-refractivity contribution in [3.63, 3.8) is 0 Å². The van der Waals surface area contributed by atoms with Crippen LogP contribution in [-0.4, -0.2) is 25.0 Å². The standard InChI is InChI=1S/C15H18N2O3/c18-14-6-4-11-3-5-12(7-13(11)17-14)20-9-15(19)16-8-10-1-2-10/h3,5,7,10H,1-2,4,6,8-9H2,(H,16,19)(H,17,18). The molecule has 5 heteroatoms. The topological polar surface area (TPSA) is 67.4 Å². The van der Waals surface area contributed by atoms with Crippen molar-refractivity contribution in [2.45, 2.75) is 25.7 Å². The number of fused-ring (bicyclic) bond motifs is 1. The molecule has 2 amide bonds. The van der Waals surface area contributed by atoms with E-state index >= 15 is 0 Å². The largest absolute Gasteiger partial charge is 0.484 e. The van der Waals surface area contributed by atoms with E-state index in [0.29, 0.717) is 18.1 Å². The fourth-order valence-electron chi connectivity index (χ4n) is 2.22. The third-order valence-corrected chi connectivity index (χ3v) is 3.63. The molecule has 1 aliphatic heterocycles. The monoisotopic (exact) mass is 274 g/mol. The van der Waals surface area contributed by atoms with Crippen molar-refractivity contribution in [2.24, 2.45) is 5.92 Å². The van der Waals surface area contributed by atoms with Crippen molar-refractivity contribution in [2.75, 3.05) is 18.5 Å². The van der Waals surface area contributed by atoms with E-state index in [2.05, 4.69) is 10.6 Å². The highest BCUT2D eigenvalue weighted by atomic mass is 16.5. The Morgan fingerprint density at radius 2 is 2.20 bits per heavy atom. The van der Waals surface area contributed by atoms with Gasteiger partial charge in [-0.2, -0.15) is 0 Å². The summed E-state index contributed by atoms with van der Waals surface area (Å²) in [6, 6.07) is 5.55. The Labute approximate surface area is 117 Å². The van der Waals surface area contributed by atoms with Gasteiger partial charge in [0.1, 0.15) is 5.75 Å². The van der Waals surface area contributed by atoms with Crippen LogP contribution in [0.15, 0.2) is 18.2 Å². The van der Waals surface area contributed by atoms with E-state index in [9.17, 15) is 9.59 Å². The second-order valence-electron chi connectivity index (χ2n) is 5.40. The van der Waals surface area contributed by atoms with E-state index in [4.69, 9.17) is 4.74 Å². The highest BCUT2D eigenvalue weighted by Crippen LogP contribution is 2.28. The predicted octanol–water partition coefficient (Wildman–Crippen LogP) is 1.48. The molecule has 5 nitrogen and oxygen atoms in total. The molecule has 0 spiro atoms. The normalized spacial score (nSPS) is 17.1. The van der Waals surface area contributed by atoms with Gasteiger partial charge in [-0.15, -0.1) is 0 Å². The Balaban J connectivity index is 1.53. The highest BCUT2D eigenvalue weighted by Gasteiger charge is 2.21. The van der Waals surface area contributed by atoms with E-state index in [1.807, 2.05) is 12.1 Å². The van der Waals surface area contributed by atoms with Gasteiger partial charge in [0.2, 0.25) is 5.91 Å². The van der Waals surface area contributed by atoms with Crippen molar-refractivity contribution < 1.29 is 14.3 Å². The van der Waals surface area contributed by atoms with Crippen molar-refractivity contribution >= 4 is 17.5 Å². The summed E-state index contributed by atoms with van der Waals surface area (Å²) in [4.78, 5) is 22.9. The molecule has 0 bridgehead atoms. The molecule has 1 aromatic carbocycles. The molecule has 3 rings (SSSR count). The first-order chi connectivity index (χ1) is 9.70. The van der Waals surface area contributed by atoms with E-state index in [-0.39, 0.29) is 18.4 Å². The van der Waals surface area contributed by atoms with Crippen LogP contribution >= 0.6 is 0 Å². The Morgan fingerprint density at radius 3 is 3.00 bits per heavy atom. The number of ether oxygens (including phenoxy) is 1. The number of rotatable bonds is 5. The van der Waals surface area contributed by atoms with Gasteiger partial charge in [-0.05, 0) is 36.8 Å². The summed E-state index contributed by atoms with van der Waals surface area (Å²) in [7, 11) is 0. The molecule has 2 aliphatic rings. The van der Waals surface area contributed by atoms with Gasteiger partial charge in [-0.25, -0.2) is 0 Å². The van der Waals surface area contributed by atoms with Gasteiger partial charge in [0.05, 0.1) is 0 Å². The van der Waals surface area contributed by atoms with Crippen LogP contribution < -0.4 is 15.4 Å². The summed E-state index contributed by atoms with van der Waals surface area (Å²) in [6.07, 6.45) is 3.71. The smallest absolute Gasteiger partial charge is 0.257 e. The lowest BCUT2D eigenvalue weighted by atomic mass is 10.0. The van der Waals surface area contributed by atoms with Gasteiger partial charge in [-0.1, -0.05) is 6.07 Å². The van der Waals surface area contributed by atoms with E-state index < -0.39 is 0 Å². The van der Waals surface area contributed by atoms with Crippen LogP contribution in [-0.2, 0) is 16.0 Å². The quantitative estimate of drug-likeness (QED) is 0.854. The van der Waals surface area contributed by atoms with Gasteiger partial charge in [-0.3, -0.25) is 9.59 Å². The molecular weight excluding hydrogens is 256 g/mol. The molecule has 1 saturated carbocycles. The minimum Gasteiger partial charge on any atom is -0.484 e. The number of amides is 2. The summed E-state index contributed by atoms with van der Waals surface area (Å²) in [5, 5.41) is 5.67. The highest BCUT2D eigenvalue weighted by molar-refractivity contribution is 5.94. The molecule has 1 aliphatic carbocycles.